The molecule has 0 saturated heterocycles. The zero-order chi connectivity index (χ0) is 26.9. The fraction of sp³-hybridized carbons (Fsp3) is 0.333. The van der Waals surface area contributed by atoms with Crippen LogP contribution in [0.3, 0.4) is 0 Å². The summed E-state index contributed by atoms with van der Waals surface area (Å²) in [4.78, 5) is 25.6. The summed E-state index contributed by atoms with van der Waals surface area (Å²) in [5, 5.41) is 13.8. The van der Waals surface area contributed by atoms with Crippen molar-refractivity contribution in [3.63, 3.8) is 0 Å². The van der Waals surface area contributed by atoms with Gasteiger partial charge < -0.3 is 19.9 Å². The maximum absolute atomic E-state index is 13.0. The highest BCUT2D eigenvalue weighted by Crippen LogP contribution is 2.42. The summed E-state index contributed by atoms with van der Waals surface area (Å²) < 4.78 is 11.9. The van der Waals surface area contributed by atoms with Gasteiger partial charge >= 0.3 is 5.97 Å². The topological polar surface area (TPSA) is 84.9 Å². The van der Waals surface area contributed by atoms with Crippen LogP contribution in [0.25, 0.3) is 11.1 Å². The summed E-state index contributed by atoms with van der Waals surface area (Å²) in [7, 11) is 0. The van der Waals surface area contributed by atoms with Gasteiger partial charge in [0.25, 0.3) is 5.91 Å². The number of rotatable bonds is 6. The Bertz CT molecular complexity index is 1340. The molecule has 1 heterocycles. The van der Waals surface area contributed by atoms with Crippen LogP contribution in [-0.4, -0.2) is 29.2 Å². The van der Waals surface area contributed by atoms with E-state index < -0.39 is 17.7 Å². The van der Waals surface area contributed by atoms with E-state index in [9.17, 15) is 14.7 Å². The van der Waals surface area contributed by atoms with Gasteiger partial charge in [-0.2, -0.15) is 0 Å². The molecule has 1 aliphatic rings. The average Bonchev–Trinajstić information content (AvgIpc) is 2.84. The Kier molecular flexibility index (Phi) is 7.62. The van der Waals surface area contributed by atoms with Gasteiger partial charge in [-0.05, 0) is 118 Å². The van der Waals surface area contributed by atoms with Gasteiger partial charge in [0.15, 0.2) is 6.10 Å². The molecule has 4 rings (SSSR count). The lowest BCUT2D eigenvalue weighted by atomic mass is 9.86. The number of hydrogen-bond acceptors (Lipinski definition) is 4. The third kappa shape index (κ3) is 5.97. The number of carbonyl (C=O) groups excluding carboxylic acids is 1. The van der Waals surface area contributed by atoms with E-state index in [-0.39, 0.29) is 5.91 Å². The number of carboxylic acids is 1. The van der Waals surface area contributed by atoms with Crippen molar-refractivity contribution in [3.8, 4) is 16.9 Å². The number of carboxylic acid groups (broad SMARTS) is 1. The maximum atomic E-state index is 13.0. The lowest BCUT2D eigenvalue weighted by molar-refractivity contribution is -0.160. The highest BCUT2D eigenvalue weighted by Gasteiger charge is 2.32. The molecule has 7 heteroatoms. The van der Waals surface area contributed by atoms with Crippen LogP contribution in [0.4, 0.5) is 5.69 Å². The Labute approximate surface area is 222 Å². The van der Waals surface area contributed by atoms with Crippen LogP contribution in [0.5, 0.6) is 5.75 Å². The van der Waals surface area contributed by atoms with Crippen molar-refractivity contribution in [2.24, 2.45) is 0 Å². The van der Waals surface area contributed by atoms with Crippen LogP contribution in [0.1, 0.15) is 65.9 Å². The van der Waals surface area contributed by atoms with Gasteiger partial charge in [-0.25, -0.2) is 4.79 Å². The van der Waals surface area contributed by atoms with Crippen molar-refractivity contribution >= 4 is 29.2 Å². The minimum absolute atomic E-state index is 0.313. The molecule has 0 fully saturated rings. The number of carbonyl (C=O) groups is 2. The molecule has 1 aliphatic heterocycles. The molecular weight excluding hydrogens is 490 g/mol. The highest BCUT2D eigenvalue weighted by molar-refractivity contribution is 6.30. The second-order valence-corrected chi connectivity index (χ2v) is 10.8. The molecule has 2 N–H and O–H groups in total. The van der Waals surface area contributed by atoms with Crippen LogP contribution >= 0.6 is 11.6 Å². The van der Waals surface area contributed by atoms with Crippen molar-refractivity contribution in [2.45, 2.75) is 59.2 Å². The summed E-state index contributed by atoms with van der Waals surface area (Å²) in [5.41, 5.74) is 5.00. The van der Waals surface area contributed by atoms with Gasteiger partial charge in [-0.3, -0.25) is 4.79 Å². The van der Waals surface area contributed by atoms with Crippen LogP contribution in [0.2, 0.25) is 5.02 Å². The standard InChI is InChI=1S/C30H32ClNO5/c1-17-15-23(32-28(33)19-8-11-22(31)12-9-19)18(2)26(27(29(34)35)37-30(3,4)5)25(17)21-10-13-24-20(16-21)7-6-14-36-24/h8-13,15-16,27H,6-7,14H2,1-5H3,(H,32,33)(H,34,35). The number of benzene rings is 3. The van der Waals surface area contributed by atoms with E-state index >= 15 is 0 Å². The van der Waals surface area contributed by atoms with Crippen molar-refractivity contribution in [3.05, 3.63) is 81.4 Å². The van der Waals surface area contributed by atoms with Crippen molar-refractivity contribution in [1.82, 2.24) is 0 Å². The Morgan fingerprint density at radius 2 is 1.78 bits per heavy atom. The van der Waals surface area contributed by atoms with Crippen molar-refractivity contribution < 1.29 is 24.2 Å². The molecule has 3 aromatic rings. The van der Waals surface area contributed by atoms with Crippen molar-refractivity contribution in [1.29, 1.82) is 0 Å². The van der Waals surface area contributed by atoms with Crippen LogP contribution in [0, 0.1) is 13.8 Å². The predicted octanol–water partition coefficient (Wildman–Crippen LogP) is 7.14. The summed E-state index contributed by atoms with van der Waals surface area (Å²) in [6.07, 6.45) is 0.586. The monoisotopic (exact) mass is 521 g/mol. The largest absolute Gasteiger partial charge is 0.493 e. The second kappa shape index (κ2) is 10.6. The molecule has 1 atom stereocenters. The Hall–Kier alpha value is -3.35. The number of hydrogen-bond donors (Lipinski definition) is 2. The first-order valence-corrected chi connectivity index (χ1v) is 12.7. The quantitative estimate of drug-likeness (QED) is 0.360. The Morgan fingerprint density at radius 3 is 2.43 bits per heavy atom. The van der Waals surface area contributed by atoms with Crippen molar-refractivity contribution in [2.75, 3.05) is 11.9 Å². The number of aliphatic carboxylic acids is 1. The maximum Gasteiger partial charge on any atom is 0.337 e. The van der Waals surface area contributed by atoms with E-state index in [0.717, 1.165) is 40.8 Å². The zero-order valence-corrected chi connectivity index (χ0v) is 22.5. The molecule has 1 amide bonds. The van der Waals surface area contributed by atoms with Gasteiger partial charge in [0.05, 0.1) is 12.2 Å². The molecule has 0 aromatic heterocycles. The third-order valence-electron chi connectivity index (χ3n) is 6.34. The lowest BCUT2D eigenvalue weighted by Gasteiger charge is -2.30. The van der Waals surface area contributed by atoms with E-state index in [1.807, 2.05) is 52.8 Å². The molecular formula is C30H32ClNO5. The Morgan fingerprint density at radius 1 is 1.08 bits per heavy atom. The first-order valence-electron chi connectivity index (χ1n) is 12.3. The van der Waals surface area contributed by atoms with Gasteiger partial charge in [-0.1, -0.05) is 17.7 Å². The minimum Gasteiger partial charge on any atom is -0.493 e. The van der Waals surface area contributed by atoms with E-state index in [1.54, 1.807) is 24.3 Å². The molecule has 0 saturated carbocycles. The third-order valence-corrected chi connectivity index (χ3v) is 6.59. The van der Waals surface area contributed by atoms with Gasteiger partial charge in [0.2, 0.25) is 0 Å². The highest BCUT2D eigenvalue weighted by atomic mass is 35.5. The molecule has 0 spiro atoms. The zero-order valence-electron chi connectivity index (χ0n) is 21.8. The molecule has 0 aliphatic carbocycles. The van der Waals surface area contributed by atoms with E-state index in [2.05, 4.69) is 11.4 Å². The summed E-state index contributed by atoms with van der Waals surface area (Å²) >= 11 is 5.97. The van der Waals surface area contributed by atoms with E-state index in [1.165, 1.54) is 0 Å². The van der Waals surface area contributed by atoms with Crippen LogP contribution in [0.15, 0.2) is 48.5 Å². The number of halogens is 1. The van der Waals surface area contributed by atoms with Crippen LogP contribution in [-0.2, 0) is 16.0 Å². The number of amides is 1. The summed E-state index contributed by atoms with van der Waals surface area (Å²) in [6.45, 7) is 9.91. The summed E-state index contributed by atoms with van der Waals surface area (Å²) in [6, 6.07) is 14.5. The Balaban J connectivity index is 1.88. The predicted molar refractivity (Wildman–Crippen MR) is 146 cm³/mol. The minimum atomic E-state index is -1.24. The van der Waals surface area contributed by atoms with Crippen LogP contribution < -0.4 is 10.1 Å². The molecule has 0 radical (unpaired) electrons. The number of fused-ring (bicyclic) bond motifs is 1. The number of ether oxygens (including phenoxy) is 2. The second-order valence-electron chi connectivity index (χ2n) is 10.3. The number of anilines is 1. The summed E-state index contributed by atoms with van der Waals surface area (Å²) in [5.74, 6) is -0.549. The van der Waals surface area contributed by atoms with E-state index in [0.29, 0.717) is 34.0 Å². The first kappa shape index (κ1) is 26.7. The fourth-order valence-electron chi connectivity index (χ4n) is 4.68. The van der Waals surface area contributed by atoms with Gasteiger partial charge in [0.1, 0.15) is 5.75 Å². The SMILES string of the molecule is Cc1cc(NC(=O)c2ccc(Cl)cc2)c(C)c(C(OC(C)(C)C)C(=O)O)c1-c1ccc2c(c1)CCCO2. The van der Waals surface area contributed by atoms with Gasteiger partial charge in [-0.15, -0.1) is 0 Å². The molecule has 37 heavy (non-hydrogen) atoms. The molecule has 0 bridgehead atoms. The van der Waals surface area contributed by atoms with Gasteiger partial charge in [0, 0.05) is 21.8 Å². The average molecular weight is 522 g/mol. The first-order chi connectivity index (χ1) is 17.4. The molecule has 6 nitrogen and oxygen atoms in total. The fourth-order valence-corrected chi connectivity index (χ4v) is 4.81. The molecule has 1 unspecified atom stereocenters. The smallest absolute Gasteiger partial charge is 0.337 e. The lowest BCUT2D eigenvalue weighted by Crippen LogP contribution is -2.28. The normalized spacial score (nSPS) is 13.9. The molecule has 194 valence electrons. The number of aryl methyl sites for hydroxylation is 2. The number of nitrogens with one attached hydrogen (secondary N) is 1. The molecule has 3 aromatic carbocycles. The van der Waals surface area contributed by atoms with E-state index in [4.69, 9.17) is 21.1 Å².